The molecule has 20 heavy (non-hydrogen) atoms. The summed E-state index contributed by atoms with van der Waals surface area (Å²) in [4.78, 5) is 25.3. The minimum Gasteiger partial charge on any atom is -0.465 e. The number of aryl methyl sites for hydroxylation is 1. The van der Waals surface area contributed by atoms with E-state index in [0.717, 1.165) is 18.5 Å². The highest BCUT2D eigenvalue weighted by molar-refractivity contribution is 5.97. The lowest BCUT2D eigenvalue weighted by atomic mass is 10.1. The lowest BCUT2D eigenvalue weighted by Gasteiger charge is -2.16. The van der Waals surface area contributed by atoms with E-state index in [1.807, 2.05) is 13.0 Å². The van der Waals surface area contributed by atoms with Gasteiger partial charge in [0.05, 0.1) is 12.7 Å². The third kappa shape index (κ3) is 2.54. The van der Waals surface area contributed by atoms with E-state index < -0.39 is 5.97 Å². The molecular formula is C14H19N3O3. The summed E-state index contributed by atoms with van der Waals surface area (Å²) in [6.45, 7) is 2.55. The normalized spacial score (nSPS) is 18.2. The summed E-state index contributed by atoms with van der Waals surface area (Å²) in [5, 5.41) is 3.15. The van der Waals surface area contributed by atoms with Crippen LogP contribution < -0.4 is 11.1 Å². The predicted octanol–water partition coefficient (Wildman–Crippen LogP) is 1.01. The van der Waals surface area contributed by atoms with Crippen LogP contribution >= 0.6 is 0 Å². The molecule has 1 atom stereocenters. The number of carbonyl (C=O) groups excluding carboxylic acids is 2. The predicted molar refractivity (Wildman–Crippen MR) is 76.6 cm³/mol. The van der Waals surface area contributed by atoms with Crippen molar-refractivity contribution in [2.24, 2.45) is 0 Å². The molecule has 1 aliphatic heterocycles. The maximum atomic E-state index is 11.9. The van der Waals surface area contributed by atoms with Gasteiger partial charge in [-0.05, 0) is 31.0 Å². The smallest absolute Gasteiger partial charge is 0.340 e. The average Bonchev–Trinajstić information content (AvgIpc) is 2.73. The van der Waals surface area contributed by atoms with E-state index >= 15 is 0 Å². The number of carbonyl (C=O) groups is 2. The maximum absolute atomic E-state index is 11.9. The molecule has 0 spiro atoms. The molecule has 6 nitrogen and oxygen atoms in total. The molecule has 2 rings (SSSR count). The summed E-state index contributed by atoms with van der Waals surface area (Å²) >= 11 is 0. The summed E-state index contributed by atoms with van der Waals surface area (Å²) < 4.78 is 4.71. The van der Waals surface area contributed by atoms with Gasteiger partial charge < -0.3 is 20.7 Å². The number of amides is 1. The molecule has 1 unspecified atom stereocenters. The topological polar surface area (TPSA) is 84.7 Å². The van der Waals surface area contributed by atoms with E-state index in [9.17, 15) is 9.59 Å². The van der Waals surface area contributed by atoms with Gasteiger partial charge in [-0.3, -0.25) is 4.79 Å². The van der Waals surface area contributed by atoms with Crippen LogP contribution in [0.2, 0.25) is 0 Å². The number of benzene rings is 1. The van der Waals surface area contributed by atoms with Crippen molar-refractivity contribution in [3.05, 3.63) is 23.3 Å². The Balaban J connectivity index is 2.27. The third-order valence-electron chi connectivity index (χ3n) is 3.56. The molecular weight excluding hydrogens is 258 g/mol. The first-order valence-electron chi connectivity index (χ1n) is 6.44. The van der Waals surface area contributed by atoms with Crippen LogP contribution in [0, 0.1) is 6.92 Å². The van der Waals surface area contributed by atoms with Gasteiger partial charge in [0.15, 0.2) is 0 Å². The molecule has 6 heteroatoms. The molecule has 1 aliphatic rings. The highest BCUT2D eigenvalue weighted by Crippen LogP contribution is 2.25. The summed E-state index contributed by atoms with van der Waals surface area (Å²) in [5.41, 5.74) is 8.07. The Kier molecular flexibility index (Phi) is 3.83. The molecule has 0 aliphatic carbocycles. The third-order valence-corrected chi connectivity index (χ3v) is 3.56. The number of hydrogen-bond donors (Lipinski definition) is 2. The van der Waals surface area contributed by atoms with E-state index in [1.165, 1.54) is 7.11 Å². The number of methoxy groups -OCH3 is 1. The van der Waals surface area contributed by atoms with E-state index in [2.05, 4.69) is 5.32 Å². The largest absolute Gasteiger partial charge is 0.465 e. The molecule has 0 aromatic heterocycles. The van der Waals surface area contributed by atoms with Crippen molar-refractivity contribution >= 4 is 23.3 Å². The first-order chi connectivity index (χ1) is 9.43. The number of nitrogen functional groups attached to an aromatic ring is 1. The van der Waals surface area contributed by atoms with Crippen LogP contribution in [0.15, 0.2) is 12.1 Å². The monoisotopic (exact) mass is 277 g/mol. The molecule has 3 N–H and O–H groups in total. The van der Waals surface area contributed by atoms with Gasteiger partial charge in [-0.15, -0.1) is 0 Å². The standard InChI is InChI=1S/C14H19N3O3/c1-8-6-9(7-10(12(8)15)14(19)20-3)16-11-4-5-17(2)13(11)18/h6-7,11,16H,4-5,15H2,1-3H3. The van der Waals surface area contributed by atoms with Crippen molar-refractivity contribution in [1.29, 1.82) is 0 Å². The van der Waals surface area contributed by atoms with Gasteiger partial charge >= 0.3 is 5.97 Å². The molecule has 1 saturated heterocycles. The highest BCUT2D eigenvalue weighted by atomic mass is 16.5. The lowest BCUT2D eigenvalue weighted by molar-refractivity contribution is -0.127. The van der Waals surface area contributed by atoms with Crippen molar-refractivity contribution in [3.8, 4) is 0 Å². The fraction of sp³-hybridized carbons (Fsp3) is 0.429. The number of nitrogens with two attached hydrogens (primary N) is 1. The number of ether oxygens (including phenoxy) is 1. The molecule has 1 aromatic carbocycles. The van der Waals surface area contributed by atoms with Gasteiger partial charge in [-0.2, -0.15) is 0 Å². The van der Waals surface area contributed by atoms with E-state index in [-0.39, 0.29) is 11.9 Å². The zero-order valence-electron chi connectivity index (χ0n) is 11.9. The van der Waals surface area contributed by atoms with E-state index in [0.29, 0.717) is 16.9 Å². The first-order valence-corrected chi connectivity index (χ1v) is 6.44. The van der Waals surface area contributed by atoms with Crippen molar-refractivity contribution in [1.82, 2.24) is 4.90 Å². The fourth-order valence-corrected chi connectivity index (χ4v) is 2.32. The van der Waals surface area contributed by atoms with E-state index in [4.69, 9.17) is 10.5 Å². The second-order valence-electron chi connectivity index (χ2n) is 4.99. The Morgan fingerprint density at radius 2 is 2.20 bits per heavy atom. The first kappa shape index (κ1) is 14.2. The summed E-state index contributed by atoms with van der Waals surface area (Å²) in [6, 6.07) is 3.20. The molecule has 1 fully saturated rings. The van der Waals surface area contributed by atoms with Crippen LogP contribution in [0.1, 0.15) is 22.3 Å². The van der Waals surface area contributed by atoms with Crippen molar-refractivity contribution in [3.63, 3.8) is 0 Å². The van der Waals surface area contributed by atoms with Crippen LogP contribution in [0.25, 0.3) is 0 Å². The van der Waals surface area contributed by atoms with Crippen LogP contribution in [0.4, 0.5) is 11.4 Å². The lowest BCUT2D eigenvalue weighted by Crippen LogP contribution is -2.31. The number of nitrogens with zero attached hydrogens (tertiary/aromatic N) is 1. The number of likely N-dealkylation sites (N-methyl/N-ethyl adjacent to an activating group) is 1. The molecule has 1 heterocycles. The van der Waals surface area contributed by atoms with Crippen molar-refractivity contribution in [2.75, 3.05) is 31.8 Å². The zero-order valence-corrected chi connectivity index (χ0v) is 11.9. The van der Waals surface area contributed by atoms with E-state index in [1.54, 1.807) is 18.0 Å². The van der Waals surface area contributed by atoms with Gasteiger partial charge in [0.25, 0.3) is 0 Å². The van der Waals surface area contributed by atoms with Crippen molar-refractivity contribution < 1.29 is 14.3 Å². The quantitative estimate of drug-likeness (QED) is 0.636. The highest BCUT2D eigenvalue weighted by Gasteiger charge is 2.29. The SMILES string of the molecule is COC(=O)c1cc(NC2CCN(C)C2=O)cc(C)c1N. The van der Waals surface area contributed by atoms with Gasteiger partial charge in [0.2, 0.25) is 5.91 Å². The maximum Gasteiger partial charge on any atom is 0.340 e. The Hall–Kier alpha value is -2.24. The summed E-state index contributed by atoms with van der Waals surface area (Å²) in [6.07, 6.45) is 0.742. The van der Waals surface area contributed by atoms with Crippen LogP contribution in [0.5, 0.6) is 0 Å². The Morgan fingerprint density at radius 3 is 2.75 bits per heavy atom. The summed E-state index contributed by atoms with van der Waals surface area (Å²) in [5.74, 6) is -0.428. The molecule has 0 saturated carbocycles. The number of nitrogens with one attached hydrogen (secondary N) is 1. The number of anilines is 2. The minimum absolute atomic E-state index is 0.0547. The Labute approximate surface area is 117 Å². The average molecular weight is 277 g/mol. The van der Waals surface area contributed by atoms with Crippen LogP contribution in [-0.2, 0) is 9.53 Å². The molecule has 108 valence electrons. The van der Waals surface area contributed by atoms with Crippen LogP contribution in [0.3, 0.4) is 0 Å². The molecule has 1 amide bonds. The second kappa shape index (κ2) is 5.40. The minimum atomic E-state index is -0.482. The molecule has 0 bridgehead atoms. The number of rotatable bonds is 3. The summed E-state index contributed by atoms with van der Waals surface area (Å²) in [7, 11) is 3.09. The Bertz CT molecular complexity index is 557. The van der Waals surface area contributed by atoms with Gasteiger partial charge in [0.1, 0.15) is 6.04 Å². The zero-order chi connectivity index (χ0) is 14.9. The fourth-order valence-electron chi connectivity index (χ4n) is 2.32. The second-order valence-corrected chi connectivity index (χ2v) is 4.99. The van der Waals surface area contributed by atoms with Gasteiger partial charge in [0, 0.05) is 25.0 Å². The van der Waals surface area contributed by atoms with Gasteiger partial charge in [-0.1, -0.05) is 0 Å². The molecule has 1 aromatic rings. The van der Waals surface area contributed by atoms with Crippen LogP contribution in [-0.4, -0.2) is 43.5 Å². The number of likely N-dealkylation sites (tertiary alicyclic amines) is 1. The van der Waals surface area contributed by atoms with Crippen molar-refractivity contribution in [2.45, 2.75) is 19.4 Å². The molecule has 0 radical (unpaired) electrons. The Morgan fingerprint density at radius 1 is 1.50 bits per heavy atom. The van der Waals surface area contributed by atoms with Gasteiger partial charge in [-0.25, -0.2) is 4.79 Å². The number of hydrogen-bond acceptors (Lipinski definition) is 5. The number of esters is 1.